The van der Waals surface area contributed by atoms with E-state index in [-0.39, 0.29) is 43.7 Å². The summed E-state index contributed by atoms with van der Waals surface area (Å²) in [6.45, 7) is 10.9. The lowest BCUT2D eigenvalue weighted by atomic mass is 9.77. The number of carbonyl (C=O) groups excluding carboxylic acids is 4. The van der Waals surface area contributed by atoms with Gasteiger partial charge in [0.1, 0.15) is 29.2 Å². The predicted octanol–water partition coefficient (Wildman–Crippen LogP) is 4.73. The van der Waals surface area contributed by atoms with Crippen molar-refractivity contribution in [3.05, 3.63) is 67.3 Å². The first-order valence-corrected chi connectivity index (χ1v) is 20.0. The molecule has 4 amide bonds. The van der Waals surface area contributed by atoms with Crippen LogP contribution in [0, 0.1) is 17.3 Å². The third kappa shape index (κ3) is 7.71. The summed E-state index contributed by atoms with van der Waals surface area (Å²) in [7, 11) is 1.58. The first-order valence-electron chi connectivity index (χ1n) is 18.9. The molecule has 13 nitrogen and oxygen atoms in total. The van der Waals surface area contributed by atoms with Crippen LogP contribution in [-0.2, 0) is 30.4 Å². The SMILES string of the molecule is C=CC1C[C@]1(NC(=O)[C@@H]1C[C@@H](Oc2cc(-c3ccccc3)nc3cc(OC)ccc23)CN1C(=O)[C@@H](CC(=O)N1CCC1)C(C)(C)C)C(=O)N(C1CC1)S(=O)O. The molecule has 292 valence electrons. The van der Waals surface area contributed by atoms with E-state index < -0.39 is 58.0 Å². The number of nitrogens with one attached hydrogen (secondary N) is 1. The van der Waals surface area contributed by atoms with E-state index in [2.05, 4.69) is 11.9 Å². The van der Waals surface area contributed by atoms with Crippen molar-refractivity contribution in [1.82, 2.24) is 24.4 Å². The molecule has 55 heavy (non-hydrogen) atoms. The van der Waals surface area contributed by atoms with Crippen molar-refractivity contribution in [2.24, 2.45) is 17.3 Å². The lowest BCUT2D eigenvalue weighted by Gasteiger charge is -2.38. The van der Waals surface area contributed by atoms with Crippen LogP contribution in [0.2, 0.25) is 0 Å². The number of amides is 4. The molecule has 2 saturated carbocycles. The minimum absolute atomic E-state index is 0.00438. The number of fused-ring (bicyclic) bond motifs is 1. The first kappa shape index (κ1) is 38.5. The number of pyridine rings is 1. The number of methoxy groups -OCH3 is 1. The number of ether oxygens (including phenoxy) is 2. The molecule has 0 radical (unpaired) electrons. The summed E-state index contributed by atoms with van der Waals surface area (Å²) in [6.07, 6.45) is 3.33. The Bertz CT molecular complexity index is 2030. The molecule has 2 unspecified atom stereocenters. The maximum Gasteiger partial charge on any atom is 0.264 e. The van der Waals surface area contributed by atoms with E-state index in [1.807, 2.05) is 75.4 Å². The fraction of sp³-hybridized carbons (Fsp3) is 0.488. The topological polar surface area (TPSA) is 159 Å². The molecule has 2 N–H and O–H groups in total. The van der Waals surface area contributed by atoms with E-state index in [1.54, 1.807) is 18.1 Å². The van der Waals surface area contributed by atoms with Crippen molar-refractivity contribution in [3.63, 3.8) is 0 Å². The Balaban J connectivity index is 1.22. The highest BCUT2D eigenvalue weighted by Crippen LogP contribution is 2.48. The van der Waals surface area contributed by atoms with Gasteiger partial charge in [-0.25, -0.2) is 13.5 Å². The molecular weight excluding hydrogens is 723 g/mol. The Kier molecular flexibility index (Phi) is 10.5. The standard InChI is InChI=1S/C41H49N5O8S/c1-6-26-23-41(26,39(50)46(55(51)52)27-13-14-27)43-37(48)34-20-29(24-45(34)38(49)31(40(2,3)4)21-36(47)44-17-10-18-44)54-35-22-32(25-11-8-7-9-12-25)42-33-19-28(53-5)15-16-30(33)35/h6-9,11-12,15-16,19,22,26-27,29,31,34H,1,10,13-14,17-18,20-21,23-24H2,2-5H3,(H,43,48)(H,51,52)/t26?,29-,31-,34+,41-/m1/s1. The molecule has 2 saturated heterocycles. The second-order valence-corrected chi connectivity index (χ2v) is 17.0. The number of likely N-dealkylation sites (tertiary alicyclic amines) is 2. The first-order chi connectivity index (χ1) is 26.2. The average Bonchev–Trinajstić information content (AvgIpc) is 4.05. The number of rotatable bonds is 13. The Morgan fingerprint density at radius 2 is 1.85 bits per heavy atom. The van der Waals surface area contributed by atoms with Crippen LogP contribution < -0.4 is 14.8 Å². The Labute approximate surface area is 323 Å². The van der Waals surface area contributed by atoms with Crippen LogP contribution in [0.15, 0.2) is 67.3 Å². The molecule has 2 aliphatic heterocycles. The van der Waals surface area contributed by atoms with Gasteiger partial charge in [-0.15, -0.1) is 6.58 Å². The molecule has 0 spiro atoms. The molecule has 2 aromatic carbocycles. The summed E-state index contributed by atoms with van der Waals surface area (Å²) < 4.78 is 35.6. The van der Waals surface area contributed by atoms with Crippen LogP contribution in [0.5, 0.6) is 11.5 Å². The van der Waals surface area contributed by atoms with Gasteiger partial charge in [-0.1, -0.05) is 57.2 Å². The zero-order valence-electron chi connectivity index (χ0n) is 31.7. The van der Waals surface area contributed by atoms with Crippen molar-refractivity contribution in [3.8, 4) is 22.8 Å². The molecule has 0 bridgehead atoms. The van der Waals surface area contributed by atoms with Crippen LogP contribution in [0.1, 0.15) is 59.3 Å². The molecule has 14 heteroatoms. The van der Waals surface area contributed by atoms with Gasteiger partial charge in [0.25, 0.3) is 17.2 Å². The van der Waals surface area contributed by atoms with Gasteiger partial charge in [0.15, 0.2) is 0 Å². The van der Waals surface area contributed by atoms with Crippen LogP contribution in [-0.4, -0.2) is 102 Å². The molecule has 2 aliphatic carbocycles. The zero-order chi connectivity index (χ0) is 39.2. The minimum Gasteiger partial charge on any atom is -0.497 e. The van der Waals surface area contributed by atoms with Crippen molar-refractivity contribution >= 4 is 45.8 Å². The largest absolute Gasteiger partial charge is 0.497 e. The van der Waals surface area contributed by atoms with Gasteiger partial charge in [-0.05, 0) is 43.2 Å². The van der Waals surface area contributed by atoms with Crippen molar-refractivity contribution in [2.75, 3.05) is 26.7 Å². The predicted molar refractivity (Wildman–Crippen MR) is 207 cm³/mol. The van der Waals surface area contributed by atoms with E-state index in [4.69, 9.17) is 14.5 Å². The van der Waals surface area contributed by atoms with E-state index >= 15 is 0 Å². The number of nitrogens with zero attached hydrogens (tertiary/aromatic N) is 4. The zero-order valence-corrected chi connectivity index (χ0v) is 32.5. The van der Waals surface area contributed by atoms with Gasteiger partial charge in [-0.2, -0.15) is 0 Å². The highest BCUT2D eigenvalue weighted by Gasteiger charge is 2.64. The number of benzene rings is 2. The van der Waals surface area contributed by atoms with Crippen LogP contribution in [0.4, 0.5) is 0 Å². The van der Waals surface area contributed by atoms with Crippen molar-refractivity contribution in [2.45, 2.75) is 83.0 Å². The second kappa shape index (κ2) is 15.0. The summed E-state index contributed by atoms with van der Waals surface area (Å²) in [5.41, 5.74) is 0.0899. The van der Waals surface area contributed by atoms with Gasteiger partial charge >= 0.3 is 0 Å². The number of carbonyl (C=O) groups is 4. The molecule has 3 aromatic rings. The lowest BCUT2D eigenvalue weighted by Crippen LogP contribution is -2.57. The summed E-state index contributed by atoms with van der Waals surface area (Å²) in [5, 5.41) is 3.65. The lowest BCUT2D eigenvalue weighted by molar-refractivity contribution is -0.149. The monoisotopic (exact) mass is 771 g/mol. The fourth-order valence-electron chi connectivity index (χ4n) is 7.73. The third-order valence-electron chi connectivity index (χ3n) is 11.4. The van der Waals surface area contributed by atoms with E-state index in [1.165, 1.54) is 4.90 Å². The number of hydrogen-bond acceptors (Lipinski definition) is 8. The van der Waals surface area contributed by atoms with Gasteiger partial charge in [-0.3, -0.25) is 23.7 Å². The van der Waals surface area contributed by atoms with Gasteiger partial charge in [0, 0.05) is 61.0 Å². The van der Waals surface area contributed by atoms with Crippen molar-refractivity contribution in [1.29, 1.82) is 0 Å². The van der Waals surface area contributed by atoms with E-state index in [0.717, 1.165) is 16.3 Å². The average molecular weight is 772 g/mol. The summed E-state index contributed by atoms with van der Waals surface area (Å²) in [4.78, 5) is 64.6. The molecule has 4 aliphatic rings. The van der Waals surface area contributed by atoms with Gasteiger partial charge < -0.3 is 24.6 Å². The van der Waals surface area contributed by atoms with Gasteiger partial charge in [0.2, 0.25) is 17.7 Å². The summed E-state index contributed by atoms with van der Waals surface area (Å²) in [5.74, 6) is -1.74. The molecule has 7 rings (SSSR count). The third-order valence-corrected chi connectivity index (χ3v) is 12.2. The number of aromatic nitrogens is 1. The molecule has 4 fully saturated rings. The van der Waals surface area contributed by atoms with Crippen LogP contribution in [0.25, 0.3) is 22.2 Å². The quantitative estimate of drug-likeness (QED) is 0.185. The summed E-state index contributed by atoms with van der Waals surface area (Å²) in [6, 6.07) is 15.6. The Hall–Kier alpha value is -4.82. The van der Waals surface area contributed by atoms with Crippen LogP contribution >= 0.6 is 0 Å². The minimum atomic E-state index is -2.57. The second-order valence-electron chi connectivity index (χ2n) is 16.2. The Morgan fingerprint density at radius 1 is 1.13 bits per heavy atom. The normalized spacial score (nSPS) is 24.3. The highest BCUT2D eigenvalue weighted by atomic mass is 32.2. The van der Waals surface area contributed by atoms with E-state index in [0.29, 0.717) is 54.0 Å². The summed E-state index contributed by atoms with van der Waals surface area (Å²) >= 11 is -2.57. The smallest absolute Gasteiger partial charge is 0.264 e. The van der Waals surface area contributed by atoms with Gasteiger partial charge in [0.05, 0.1) is 30.8 Å². The maximum atomic E-state index is 14.8. The molecule has 1 aromatic heterocycles. The number of hydrogen-bond donors (Lipinski definition) is 2. The fourth-order valence-corrected chi connectivity index (χ4v) is 8.50. The molecule has 3 heterocycles. The van der Waals surface area contributed by atoms with Crippen LogP contribution in [0.3, 0.4) is 0 Å². The highest BCUT2D eigenvalue weighted by molar-refractivity contribution is 7.77. The Morgan fingerprint density at radius 3 is 2.44 bits per heavy atom. The maximum absolute atomic E-state index is 14.8. The molecule has 6 atom stereocenters. The van der Waals surface area contributed by atoms with E-state index in [9.17, 15) is 27.9 Å². The molecular formula is C41H49N5O8S. The van der Waals surface area contributed by atoms with Crippen molar-refractivity contribution < 1.29 is 37.4 Å².